The number of benzene rings is 1. The highest BCUT2D eigenvalue weighted by atomic mass is 32.2. The van der Waals surface area contributed by atoms with Crippen molar-refractivity contribution in [3.8, 4) is 0 Å². The number of thiazole rings is 1. The summed E-state index contributed by atoms with van der Waals surface area (Å²) >= 11 is 6.06. The lowest BCUT2D eigenvalue weighted by Crippen LogP contribution is -2.36. The number of sulfonamides is 1. The highest BCUT2D eigenvalue weighted by Crippen LogP contribution is 2.21. The van der Waals surface area contributed by atoms with Crippen molar-refractivity contribution in [2.75, 3.05) is 0 Å². The van der Waals surface area contributed by atoms with Crippen LogP contribution in [-0.2, 0) is 10.0 Å². The molecule has 1 aromatic carbocycles. The summed E-state index contributed by atoms with van der Waals surface area (Å²) in [5.74, 6) is 0. The Kier molecular flexibility index (Phi) is 4.48. The van der Waals surface area contributed by atoms with Crippen molar-refractivity contribution in [1.82, 2.24) is 9.71 Å². The Morgan fingerprint density at radius 2 is 2.05 bits per heavy atom. The van der Waals surface area contributed by atoms with Crippen LogP contribution >= 0.6 is 23.6 Å². The van der Waals surface area contributed by atoms with E-state index in [2.05, 4.69) is 9.71 Å². The minimum atomic E-state index is -3.69. The maximum atomic E-state index is 12.3. The van der Waals surface area contributed by atoms with E-state index in [0.717, 1.165) is 11.3 Å². The molecule has 0 fully saturated rings. The molecule has 1 atom stereocenters. The molecule has 0 aliphatic heterocycles. The fraction of sp³-hybridized carbons (Fsp3) is 0.167. The van der Waals surface area contributed by atoms with Gasteiger partial charge in [-0.25, -0.2) is 13.4 Å². The third-order valence-corrected chi connectivity index (χ3v) is 5.59. The monoisotopic (exact) mass is 327 g/mol. The van der Waals surface area contributed by atoms with Gasteiger partial charge in [0.15, 0.2) is 4.21 Å². The maximum absolute atomic E-state index is 12.3. The van der Waals surface area contributed by atoms with Gasteiger partial charge in [-0.05, 0) is 12.5 Å². The van der Waals surface area contributed by atoms with Crippen LogP contribution in [0, 0.1) is 6.92 Å². The van der Waals surface area contributed by atoms with E-state index in [4.69, 9.17) is 18.0 Å². The second-order valence-corrected chi connectivity index (χ2v) is 7.71. The molecular weight excluding hydrogens is 314 g/mol. The topological polar surface area (TPSA) is 85.1 Å². The van der Waals surface area contributed by atoms with E-state index in [1.807, 2.05) is 6.07 Å². The summed E-state index contributed by atoms with van der Waals surface area (Å²) in [7, 11) is -3.69. The van der Waals surface area contributed by atoms with Gasteiger partial charge in [0.1, 0.15) is 0 Å². The quantitative estimate of drug-likeness (QED) is 0.817. The van der Waals surface area contributed by atoms with Gasteiger partial charge in [0.2, 0.25) is 0 Å². The van der Waals surface area contributed by atoms with E-state index in [-0.39, 0.29) is 9.20 Å². The standard InChI is InChI=1S/C12H13N3O2S3/c1-8-14-7-10(19-8)20(16,17)15-11(12(13)18)9-5-3-2-4-6-9/h2-7,11,15H,1H3,(H2,13,18). The van der Waals surface area contributed by atoms with Crippen molar-refractivity contribution in [3.63, 3.8) is 0 Å². The van der Waals surface area contributed by atoms with Crippen LogP contribution in [0.3, 0.4) is 0 Å². The average molecular weight is 327 g/mol. The average Bonchev–Trinajstić information content (AvgIpc) is 2.84. The van der Waals surface area contributed by atoms with E-state index >= 15 is 0 Å². The molecule has 5 nitrogen and oxygen atoms in total. The Balaban J connectivity index is 2.32. The zero-order valence-electron chi connectivity index (χ0n) is 10.6. The normalized spacial score (nSPS) is 13.1. The van der Waals surface area contributed by atoms with Crippen LogP contribution in [0.15, 0.2) is 40.7 Å². The van der Waals surface area contributed by atoms with Gasteiger partial charge in [0, 0.05) is 0 Å². The lowest BCUT2D eigenvalue weighted by atomic mass is 10.1. The van der Waals surface area contributed by atoms with E-state index < -0.39 is 16.1 Å². The van der Waals surface area contributed by atoms with Crippen molar-refractivity contribution in [3.05, 3.63) is 47.1 Å². The third-order valence-electron chi connectivity index (χ3n) is 2.56. The highest BCUT2D eigenvalue weighted by Gasteiger charge is 2.24. The van der Waals surface area contributed by atoms with Crippen molar-refractivity contribution in [1.29, 1.82) is 0 Å². The van der Waals surface area contributed by atoms with Gasteiger partial charge in [-0.3, -0.25) is 0 Å². The van der Waals surface area contributed by atoms with Gasteiger partial charge in [-0.1, -0.05) is 42.5 Å². The predicted octanol–water partition coefficient (Wildman–Crippen LogP) is 1.76. The molecule has 0 spiro atoms. The fourth-order valence-corrected chi connectivity index (χ4v) is 4.21. The zero-order chi connectivity index (χ0) is 14.8. The summed E-state index contributed by atoms with van der Waals surface area (Å²) < 4.78 is 27.2. The van der Waals surface area contributed by atoms with Crippen molar-refractivity contribution in [2.24, 2.45) is 5.73 Å². The molecule has 3 N–H and O–H groups in total. The van der Waals surface area contributed by atoms with Crippen molar-refractivity contribution in [2.45, 2.75) is 17.2 Å². The summed E-state index contributed by atoms with van der Waals surface area (Å²) in [4.78, 5) is 4.01. The predicted molar refractivity (Wildman–Crippen MR) is 83.1 cm³/mol. The van der Waals surface area contributed by atoms with E-state index in [0.29, 0.717) is 10.6 Å². The lowest BCUT2D eigenvalue weighted by molar-refractivity contribution is 0.579. The van der Waals surface area contributed by atoms with Crippen LogP contribution in [0.4, 0.5) is 0 Å². The van der Waals surface area contributed by atoms with Crippen LogP contribution in [0.25, 0.3) is 0 Å². The Hall–Kier alpha value is -1.35. The first-order valence-electron chi connectivity index (χ1n) is 5.69. The fourth-order valence-electron chi connectivity index (χ4n) is 1.62. The molecule has 0 bridgehead atoms. The zero-order valence-corrected chi connectivity index (χ0v) is 13.1. The van der Waals surface area contributed by atoms with Gasteiger partial charge in [-0.15, -0.1) is 11.3 Å². The Morgan fingerprint density at radius 3 is 2.55 bits per heavy atom. The first-order valence-corrected chi connectivity index (χ1v) is 8.40. The van der Waals surface area contributed by atoms with Crippen LogP contribution in [0.1, 0.15) is 16.6 Å². The molecule has 0 aliphatic carbocycles. The van der Waals surface area contributed by atoms with Crippen LogP contribution in [0.5, 0.6) is 0 Å². The molecule has 106 valence electrons. The summed E-state index contributed by atoms with van der Waals surface area (Å²) in [6.45, 7) is 1.74. The number of nitrogens with zero attached hydrogens (tertiary/aromatic N) is 1. The van der Waals surface area contributed by atoms with Crippen LogP contribution in [0.2, 0.25) is 0 Å². The van der Waals surface area contributed by atoms with Gasteiger partial charge in [0.05, 0.1) is 22.2 Å². The molecule has 0 radical (unpaired) electrons. The molecule has 20 heavy (non-hydrogen) atoms. The third kappa shape index (κ3) is 3.40. The second kappa shape index (κ2) is 5.96. The maximum Gasteiger partial charge on any atom is 0.252 e. The van der Waals surface area contributed by atoms with Crippen LogP contribution in [-0.4, -0.2) is 18.4 Å². The Labute approximate surface area is 126 Å². The van der Waals surface area contributed by atoms with Gasteiger partial charge < -0.3 is 5.73 Å². The number of nitrogens with one attached hydrogen (secondary N) is 1. The molecule has 0 saturated carbocycles. The second-order valence-electron chi connectivity index (χ2n) is 4.07. The minimum Gasteiger partial charge on any atom is -0.392 e. The van der Waals surface area contributed by atoms with Crippen LogP contribution < -0.4 is 10.5 Å². The van der Waals surface area contributed by atoms with E-state index in [1.165, 1.54) is 6.20 Å². The first kappa shape index (κ1) is 15.0. The molecule has 2 aromatic rings. The molecular formula is C12H13N3O2S3. The number of aromatic nitrogens is 1. The molecule has 2 rings (SSSR count). The number of thiocarbonyl (C=S) groups is 1. The van der Waals surface area contributed by atoms with Crippen molar-refractivity contribution < 1.29 is 8.42 Å². The van der Waals surface area contributed by atoms with Gasteiger partial charge >= 0.3 is 0 Å². The molecule has 8 heteroatoms. The molecule has 0 saturated heterocycles. The molecule has 1 heterocycles. The summed E-state index contributed by atoms with van der Waals surface area (Å²) in [6.07, 6.45) is 1.32. The smallest absolute Gasteiger partial charge is 0.252 e. The summed E-state index contributed by atoms with van der Waals surface area (Å²) in [5, 5.41) is 0.678. The lowest BCUT2D eigenvalue weighted by Gasteiger charge is -2.17. The number of rotatable bonds is 5. The molecule has 0 amide bonds. The number of hydrogen-bond donors (Lipinski definition) is 2. The highest BCUT2D eigenvalue weighted by molar-refractivity contribution is 7.91. The Morgan fingerprint density at radius 1 is 1.40 bits per heavy atom. The number of aryl methyl sites for hydroxylation is 1. The largest absolute Gasteiger partial charge is 0.392 e. The van der Waals surface area contributed by atoms with Gasteiger partial charge in [-0.2, -0.15) is 4.72 Å². The summed E-state index contributed by atoms with van der Waals surface area (Å²) in [5.41, 5.74) is 6.35. The summed E-state index contributed by atoms with van der Waals surface area (Å²) in [6, 6.07) is 8.23. The van der Waals surface area contributed by atoms with E-state index in [9.17, 15) is 8.42 Å². The number of hydrogen-bond acceptors (Lipinski definition) is 5. The van der Waals surface area contributed by atoms with Gasteiger partial charge in [0.25, 0.3) is 10.0 Å². The molecule has 1 aromatic heterocycles. The minimum absolute atomic E-state index is 0.0704. The molecule has 1 unspecified atom stereocenters. The first-order chi connectivity index (χ1) is 9.40. The van der Waals surface area contributed by atoms with E-state index in [1.54, 1.807) is 31.2 Å². The van der Waals surface area contributed by atoms with Crippen molar-refractivity contribution >= 4 is 38.6 Å². The number of nitrogens with two attached hydrogens (primary N) is 1. The Bertz CT molecular complexity index is 711. The SMILES string of the molecule is Cc1ncc(S(=O)(=O)NC(C(N)=S)c2ccccc2)s1. The molecule has 0 aliphatic rings.